The Labute approximate surface area is 197 Å². The highest BCUT2D eigenvalue weighted by molar-refractivity contribution is 5.92. The maximum absolute atomic E-state index is 13.1. The van der Waals surface area contributed by atoms with Gasteiger partial charge < -0.3 is 34.7 Å². The molecule has 1 unspecified atom stereocenters. The van der Waals surface area contributed by atoms with Crippen molar-refractivity contribution in [1.29, 1.82) is 0 Å². The van der Waals surface area contributed by atoms with Gasteiger partial charge in [-0.15, -0.1) is 0 Å². The van der Waals surface area contributed by atoms with Gasteiger partial charge in [-0.1, -0.05) is 0 Å². The van der Waals surface area contributed by atoms with Crippen molar-refractivity contribution < 1.29 is 39.5 Å². The van der Waals surface area contributed by atoms with Crippen LogP contribution in [0.2, 0.25) is 0 Å². The van der Waals surface area contributed by atoms with Gasteiger partial charge in [-0.25, -0.2) is 0 Å². The van der Waals surface area contributed by atoms with Crippen molar-refractivity contribution in [2.45, 2.75) is 19.3 Å². The third-order valence-electron chi connectivity index (χ3n) is 5.97. The number of esters is 1. The van der Waals surface area contributed by atoms with Gasteiger partial charge in [-0.05, 0) is 25.1 Å². The Kier molecular flexibility index (Phi) is 5.77. The standard InChI is InChI=1S/C24H22N2O9/c1-10-13(9-25-26(10)2)12(7-18(31)34-3)19-16(29)8-17(30)20-21(32)22(33)23(35-24(19)20)11-4-5-14(27)15(28)6-11/h4-6,8-9,12,27-30,33H,7H2,1-3H3. The predicted octanol–water partition coefficient (Wildman–Crippen LogP) is 2.72. The summed E-state index contributed by atoms with van der Waals surface area (Å²) in [6.07, 6.45) is 1.23. The molecular formula is C24H22N2O9. The molecule has 0 amide bonds. The summed E-state index contributed by atoms with van der Waals surface area (Å²) in [4.78, 5) is 25.4. The first kappa shape index (κ1) is 23.5. The minimum atomic E-state index is -1.01. The Morgan fingerprint density at radius 2 is 1.80 bits per heavy atom. The number of fused-ring (bicyclic) bond motifs is 1. The number of phenolic OH excluding ortho intramolecular Hbond substituents is 4. The summed E-state index contributed by atoms with van der Waals surface area (Å²) in [5, 5.41) is 55.2. The third-order valence-corrected chi connectivity index (χ3v) is 5.97. The SMILES string of the molecule is COC(=O)CC(c1cnn(C)c1C)c1c(O)cc(O)c2c(=O)c(O)c(-c3ccc(O)c(O)c3)oc12. The van der Waals surface area contributed by atoms with E-state index in [0.29, 0.717) is 11.3 Å². The zero-order chi connectivity index (χ0) is 25.6. The van der Waals surface area contributed by atoms with Crippen molar-refractivity contribution in [3.05, 3.63) is 57.5 Å². The van der Waals surface area contributed by atoms with E-state index < -0.39 is 51.4 Å². The van der Waals surface area contributed by atoms with Crippen molar-refractivity contribution in [3.8, 4) is 40.1 Å². The molecule has 4 aromatic rings. The summed E-state index contributed by atoms with van der Waals surface area (Å²) in [6.45, 7) is 1.75. The monoisotopic (exact) mass is 482 g/mol. The Hall–Kier alpha value is -4.67. The summed E-state index contributed by atoms with van der Waals surface area (Å²) < 4.78 is 12.3. The molecule has 0 spiro atoms. The second-order valence-electron chi connectivity index (χ2n) is 7.99. The van der Waals surface area contributed by atoms with Crippen LogP contribution in [0.3, 0.4) is 0 Å². The molecule has 0 aliphatic heterocycles. The van der Waals surface area contributed by atoms with E-state index >= 15 is 0 Å². The lowest BCUT2D eigenvalue weighted by molar-refractivity contribution is -0.140. The van der Waals surface area contributed by atoms with Gasteiger partial charge in [-0.2, -0.15) is 5.10 Å². The molecule has 2 heterocycles. The molecule has 0 saturated carbocycles. The number of rotatable bonds is 5. The maximum atomic E-state index is 13.1. The Bertz CT molecular complexity index is 1530. The van der Waals surface area contributed by atoms with E-state index in [1.54, 1.807) is 18.7 Å². The summed E-state index contributed by atoms with van der Waals surface area (Å²) in [7, 11) is 2.90. The van der Waals surface area contributed by atoms with Crippen LogP contribution in [0, 0.1) is 6.92 Å². The molecule has 182 valence electrons. The highest BCUT2D eigenvalue weighted by Crippen LogP contribution is 2.45. The number of phenols is 4. The summed E-state index contributed by atoms with van der Waals surface area (Å²) in [6, 6.07) is 4.42. The lowest BCUT2D eigenvalue weighted by Gasteiger charge is -2.20. The number of carbonyl (C=O) groups is 1. The number of aryl methyl sites for hydroxylation is 1. The average Bonchev–Trinajstić information content (AvgIpc) is 3.14. The first-order valence-electron chi connectivity index (χ1n) is 10.4. The van der Waals surface area contributed by atoms with Gasteiger partial charge in [0, 0.05) is 41.4 Å². The van der Waals surface area contributed by atoms with E-state index in [2.05, 4.69) is 5.10 Å². The summed E-state index contributed by atoms with van der Waals surface area (Å²) >= 11 is 0. The van der Waals surface area contributed by atoms with Gasteiger partial charge >= 0.3 is 5.97 Å². The molecule has 11 heteroatoms. The highest BCUT2D eigenvalue weighted by atomic mass is 16.5. The molecule has 0 radical (unpaired) electrons. The fourth-order valence-corrected chi connectivity index (χ4v) is 4.02. The molecule has 11 nitrogen and oxygen atoms in total. The van der Waals surface area contributed by atoms with Crippen molar-refractivity contribution in [2.24, 2.45) is 7.05 Å². The number of carbonyl (C=O) groups excluding carboxylic acids is 1. The third kappa shape index (κ3) is 3.86. The van der Waals surface area contributed by atoms with Crippen LogP contribution < -0.4 is 5.43 Å². The Morgan fingerprint density at radius 3 is 2.40 bits per heavy atom. The van der Waals surface area contributed by atoms with Gasteiger partial charge in [0.2, 0.25) is 11.2 Å². The minimum absolute atomic E-state index is 0.0133. The van der Waals surface area contributed by atoms with Gasteiger partial charge in [-0.3, -0.25) is 14.3 Å². The fourth-order valence-electron chi connectivity index (χ4n) is 4.02. The van der Waals surface area contributed by atoms with Crippen molar-refractivity contribution in [1.82, 2.24) is 9.78 Å². The molecule has 0 saturated heterocycles. The van der Waals surface area contributed by atoms with E-state index in [4.69, 9.17) is 9.15 Å². The zero-order valence-electron chi connectivity index (χ0n) is 18.9. The van der Waals surface area contributed by atoms with Gasteiger partial charge in [0.1, 0.15) is 22.5 Å². The largest absolute Gasteiger partial charge is 0.507 e. The van der Waals surface area contributed by atoms with Crippen LogP contribution in [-0.4, -0.2) is 48.4 Å². The normalized spacial score (nSPS) is 12.1. The first-order valence-corrected chi connectivity index (χ1v) is 10.4. The van der Waals surface area contributed by atoms with Gasteiger partial charge in [0.15, 0.2) is 17.3 Å². The Morgan fingerprint density at radius 1 is 1.09 bits per heavy atom. The number of methoxy groups -OCH3 is 1. The molecule has 1 atom stereocenters. The van der Waals surface area contributed by atoms with Crippen LogP contribution in [0.15, 0.2) is 39.7 Å². The molecule has 2 aromatic heterocycles. The molecule has 4 rings (SSSR count). The first-order chi connectivity index (χ1) is 16.5. The Balaban J connectivity index is 2.10. The quantitative estimate of drug-likeness (QED) is 0.210. The van der Waals surface area contributed by atoms with Crippen molar-refractivity contribution in [2.75, 3.05) is 7.11 Å². The number of benzene rings is 2. The van der Waals surface area contributed by atoms with Crippen LogP contribution in [0.4, 0.5) is 0 Å². The molecule has 5 N–H and O–H groups in total. The second-order valence-corrected chi connectivity index (χ2v) is 7.99. The number of ether oxygens (including phenoxy) is 1. The predicted molar refractivity (Wildman–Crippen MR) is 123 cm³/mol. The molecule has 2 aromatic carbocycles. The van der Waals surface area contributed by atoms with Gasteiger partial charge in [0.05, 0.1) is 19.7 Å². The summed E-state index contributed by atoms with van der Waals surface area (Å²) in [5.41, 5.74) is -0.0882. The van der Waals surface area contributed by atoms with Crippen LogP contribution in [-0.2, 0) is 16.6 Å². The van der Waals surface area contributed by atoms with Crippen molar-refractivity contribution in [3.63, 3.8) is 0 Å². The van der Waals surface area contributed by atoms with Crippen molar-refractivity contribution >= 4 is 16.9 Å². The second kappa shape index (κ2) is 8.60. The van der Waals surface area contributed by atoms with Gasteiger partial charge in [0.25, 0.3) is 0 Å². The fraction of sp³-hybridized carbons (Fsp3) is 0.208. The highest BCUT2D eigenvalue weighted by Gasteiger charge is 2.31. The topological polar surface area (TPSA) is 175 Å². The maximum Gasteiger partial charge on any atom is 0.306 e. The molecule has 0 fully saturated rings. The summed E-state index contributed by atoms with van der Waals surface area (Å²) in [5.74, 6) is -4.86. The molecular weight excluding hydrogens is 460 g/mol. The van der Waals surface area contributed by atoms with E-state index in [9.17, 15) is 35.1 Å². The van der Waals surface area contributed by atoms with Crippen LogP contribution in [0.1, 0.15) is 29.2 Å². The van der Waals surface area contributed by atoms with Crippen LogP contribution in [0.5, 0.6) is 28.7 Å². The number of aromatic nitrogens is 2. The zero-order valence-corrected chi connectivity index (χ0v) is 18.9. The lowest BCUT2D eigenvalue weighted by Crippen LogP contribution is -2.13. The number of nitrogens with zero attached hydrogens (tertiary/aromatic N) is 2. The van der Waals surface area contributed by atoms with Crippen LogP contribution in [0.25, 0.3) is 22.3 Å². The molecule has 0 bridgehead atoms. The minimum Gasteiger partial charge on any atom is -0.507 e. The average molecular weight is 482 g/mol. The van der Waals surface area contributed by atoms with Crippen LogP contribution >= 0.6 is 0 Å². The van der Waals surface area contributed by atoms with E-state index in [1.807, 2.05) is 0 Å². The molecule has 0 aliphatic rings. The molecule has 35 heavy (non-hydrogen) atoms. The smallest absolute Gasteiger partial charge is 0.306 e. The number of hydrogen-bond donors (Lipinski definition) is 5. The number of hydrogen-bond acceptors (Lipinski definition) is 10. The molecule has 0 aliphatic carbocycles. The lowest BCUT2D eigenvalue weighted by atomic mass is 9.86. The van der Waals surface area contributed by atoms with E-state index in [1.165, 1.54) is 19.4 Å². The van der Waals surface area contributed by atoms with E-state index in [-0.39, 0.29) is 28.9 Å². The number of aromatic hydroxyl groups is 5. The van der Waals surface area contributed by atoms with E-state index in [0.717, 1.165) is 18.2 Å².